The highest BCUT2D eigenvalue weighted by Gasteiger charge is 2.09. The molecular weight excluding hydrogens is 249 g/mol. The summed E-state index contributed by atoms with van der Waals surface area (Å²) in [6.07, 6.45) is 0.522. The summed E-state index contributed by atoms with van der Waals surface area (Å²) in [4.78, 5) is 0. The number of hydrogen-bond acceptors (Lipinski definition) is 2. The van der Waals surface area contributed by atoms with Crippen LogP contribution in [0.4, 0.5) is 4.39 Å². The maximum Gasteiger partial charge on any atom is 0.135 e. The Morgan fingerprint density at radius 1 is 1.57 bits per heavy atom. The SMILES string of the molecule is COc1cc(F)c(CC(C)N)cc1Br. The van der Waals surface area contributed by atoms with Crippen LogP contribution in [0.15, 0.2) is 16.6 Å². The van der Waals surface area contributed by atoms with E-state index < -0.39 is 0 Å². The average molecular weight is 262 g/mol. The van der Waals surface area contributed by atoms with Crippen LogP contribution < -0.4 is 10.5 Å². The van der Waals surface area contributed by atoms with Gasteiger partial charge in [0.05, 0.1) is 11.6 Å². The van der Waals surface area contributed by atoms with Gasteiger partial charge in [-0.2, -0.15) is 0 Å². The number of hydrogen-bond donors (Lipinski definition) is 1. The zero-order valence-electron chi connectivity index (χ0n) is 8.18. The second-order valence-electron chi connectivity index (χ2n) is 3.26. The zero-order valence-corrected chi connectivity index (χ0v) is 9.77. The van der Waals surface area contributed by atoms with Gasteiger partial charge in [0.1, 0.15) is 11.6 Å². The number of benzene rings is 1. The van der Waals surface area contributed by atoms with E-state index in [0.717, 1.165) is 4.47 Å². The summed E-state index contributed by atoms with van der Waals surface area (Å²) in [6.45, 7) is 1.84. The van der Waals surface area contributed by atoms with E-state index in [4.69, 9.17) is 10.5 Å². The third kappa shape index (κ3) is 2.69. The van der Waals surface area contributed by atoms with E-state index in [1.165, 1.54) is 13.2 Å². The average Bonchev–Trinajstić information content (AvgIpc) is 2.10. The van der Waals surface area contributed by atoms with Crippen molar-refractivity contribution in [2.75, 3.05) is 7.11 Å². The first-order valence-corrected chi connectivity index (χ1v) is 5.11. The van der Waals surface area contributed by atoms with E-state index in [-0.39, 0.29) is 11.9 Å². The summed E-state index contributed by atoms with van der Waals surface area (Å²) >= 11 is 3.30. The lowest BCUT2D eigenvalue weighted by molar-refractivity contribution is 0.407. The first kappa shape index (κ1) is 11.5. The lowest BCUT2D eigenvalue weighted by Gasteiger charge is -2.09. The predicted octanol–water partition coefficient (Wildman–Crippen LogP) is 2.49. The fourth-order valence-electron chi connectivity index (χ4n) is 1.23. The van der Waals surface area contributed by atoms with Crippen LogP contribution in [0.3, 0.4) is 0 Å². The Morgan fingerprint density at radius 3 is 2.71 bits per heavy atom. The first-order valence-electron chi connectivity index (χ1n) is 4.32. The maximum absolute atomic E-state index is 13.4. The molecule has 0 aliphatic heterocycles. The number of methoxy groups -OCH3 is 1. The molecule has 0 saturated carbocycles. The van der Waals surface area contributed by atoms with Gasteiger partial charge in [-0.05, 0) is 40.9 Å². The lowest BCUT2D eigenvalue weighted by atomic mass is 10.1. The first-order chi connectivity index (χ1) is 6.54. The quantitative estimate of drug-likeness (QED) is 0.908. The van der Waals surface area contributed by atoms with Gasteiger partial charge in [0.15, 0.2) is 0 Å². The van der Waals surface area contributed by atoms with Crippen molar-refractivity contribution in [3.63, 3.8) is 0 Å². The van der Waals surface area contributed by atoms with E-state index in [0.29, 0.717) is 17.7 Å². The van der Waals surface area contributed by atoms with Gasteiger partial charge >= 0.3 is 0 Å². The molecule has 14 heavy (non-hydrogen) atoms. The van der Waals surface area contributed by atoms with Crippen molar-refractivity contribution < 1.29 is 9.13 Å². The van der Waals surface area contributed by atoms with Crippen LogP contribution in [-0.2, 0) is 6.42 Å². The van der Waals surface area contributed by atoms with E-state index >= 15 is 0 Å². The van der Waals surface area contributed by atoms with Gasteiger partial charge in [0.25, 0.3) is 0 Å². The van der Waals surface area contributed by atoms with Crippen LogP contribution >= 0.6 is 15.9 Å². The molecule has 0 aromatic heterocycles. The number of halogens is 2. The summed E-state index contributed by atoms with van der Waals surface area (Å²) in [7, 11) is 1.50. The van der Waals surface area contributed by atoms with Gasteiger partial charge in [-0.15, -0.1) is 0 Å². The molecule has 0 spiro atoms. The lowest BCUT2D eigenvalue weighted by Crippen LogP contribution is -2.18. The molecule has 1 rings (SSSR count). The smallest absolute Gasteiger partial charge is 0.135 e. The normalized spacial score (nSPS) is 12.6. The Kier molecular flexibility index (Phi) is 3.89. The summed E-state index contributed by atoms with van der Waals surface area (Å²) in [6, 6.07) is 3.02. The van der Waals surface area contributed by atoms with Gasteiger partial charge in [0.2, 0.25) is 0 Å². The van der Waals surface area contributed by atoms with E-state index in [1.54, 1.807) is 6.07 Å². The fourth-order valence-corrected chi connectivity index (χ4v) is 1.78. The van der Waals surface area contributed by atoms with Gasteiger partial charge in [-0.1, -0.05) is 0 Å². The summed E-state index contributed by atoms with van der Waals surface area (Å²) in [5, 5.41) is 0. The molecule has 4 heteroatoms. The molecule has 0 saturated heterocycles. The van der Waals surface area contributed by atoms with Gasteiger partial charge < -0.3 is 10.5 Å². The maximum atomic E-state index is 13.4. The Hall–Kier alpha value is -0.610. The molecule has 2 nitrogen and oxygen atoms in total. The molecule has 1 aromatic carbocycles. The van der Waals surface area contributed by atoms with E-state index in [1.807, 2.05) is 6.92 Å². The van der Waals surface area contributed by atoms with Crippen molar-refractivity contribution in [1.29, 1.82) is 0 Å². The van der Waals surface area contributed by atoms with E-state index in [9.17, 15) is 4.39 Å². The Bertz CT molecular complexity index is 328. The largest absolute Gasteiger partial charge is 0.495 e. The number of rotatable bonds is 3. The molecule has 2 N–H and O–H groups in total. The Labute approximate surface area is 91.4 Å². The second kappa shape index (κ2) is 4.75. The molecule has 0 bridgehead atoms. The minimum Gasteiger partial charge on any atom is -0.495 e. The number of nitrogens with two attached hydrogens (primary N) is 1. The predicted molar refractivity (Wildman–Crippen MR) is 58.0 cm³/mol. The van der Waals surface area contributed by atoms with Crippen LogP contribution in [0.1, 0.15) is 12.5 Å². The minimum atomic E-state index is -0.276. The van der Waals surface area contributed by atoms with Gasteiger partial charge in [-0.25, -0.2) is 4.39 Å². The molecule has 0 amide bonds. The Balaban J connectivity index is 3.02. The van der Waals surface area contributed by atoms with Crippen molar-refractivity contribution >= 4 is 15.9 Å². The fraction of sp³-hybridized carbons (Fsp3) is 0.400. The highest BCUT2D eigenvalue weighted by molar-refractivity contribution is 9.10. The van der Waals surface area contributed by atoms with Crippen LogP contribution in [0, 0.1) is 5.82 Å². The van der Waals surface area contributed by atoms with Crippen molar-refractivity contribution in [1.82, 2.24) is 0 Å². The summed E-state index contributed by atoms with van der Waals surface area (Å²) < 4.78 is 19.1. The van der Waals surface area contributed by atoms with Crippen molar-refractivity contribution in [2.45, 2.75) is 19.4 Å². The second-order valence-corrected chi connectivity index (χ2v) is 4.11. The standard InChI is InChI=1S/C10H13BrFNO/c1-6(13)3-7-4-8(11)10(14-2)5-9(7)12/h4-6H,3,13H2,1-2H3. The van der Waals surface area contributed by atoms with Gasteiger partial charge in [0, 0.05) is 12.1 Å². The van der Waals surface area contributed by atoms with Crippen molar-refractivity contribution in [3.8, 4) is 5.75 Å². The zero-order chi connectivity index (χ0) is 10.7. The van der Waals surface area contributed by atoms with Crippen molar-refractivity contribution in [2.24, 2.45) is 5.73 Å². The summed E-state index contributed by atoms with van der Waals surface area (Å²) in [5.41, 5.74) is 6.21. The van der Waals surface area contributed by atoms with Gasteiger partial charge in [-0.3, -0.25) is 0 Å². The monoisotopic (exact) mass is 261 g/mol. The van der Waals surface area contributed by atoms with Crippen LogP contribution in [0.25, 0.3) is 0 Å². The molecule has 1 atom stereocenters. The number of ether oxygens (including phenoxy) is 1. The highest BCUT2D eigenvalue weighted by Crippen LogP contribution is 2.28. The summed E-state index contributed by atoms with van der Waals surface area (Å²) in [5.74, 6) is 0.221. The Morgan fingerprint density at radius 2 is 2.21 bits per heavy atom. The molecule has 0 radical (unpaired) electrons. The molecule has 78 valence electrons. The molecule has 1 unspecified atom stereocenters. The molecule has 1 aromatic rings. The molecule has 0 fully saturated rings. The topological polar surface area (TPSA) is 35.2 Å². The molecule has 0 heterocycles. The van der Waals surface area contributed by atoms with E-state index in [2.05, 4.69) is 15.9 Å². The molecule has 0 aliphatic carbocycles. The highest BCUT2D eigenvalue weighted by atomic mass is 79.9. The minimum absolute atomic E-state index is 0.0511. The van der Waals surface area contributed by atoms with Crippen LogP contribution in [0.2, 0.25) is 0 Å². The third-order valence-electron chi connectivity index (χ3n) is 1.86. The van der Waals surface area contributed by atoms with Crippen LogP contribution in [-0.4, -0.2) is 13.2 Å². The van der Waals surface area contributed by atoms with Crippen LogP contribution in [0.5, 0.6) is 5.75 Å². The molecule has 0 aliphatic rings. The third-order valence-corrected chi connectivity index (χ3v) is 2.48. The van der Waals surface area contributed by atoms with Crippen molar-refractivity contribution in [3.05, 3.63) is 28.0 Å². The molecular formula is C10H13BrFNO.